The van der Waals surface area contributed by atoms with E-state index >= 15 is 0 Å². The standard InChI is InChI=1S/C17H20N2O5/c1-10-16(11(2)19(3)18-10)17(21)24-9-14(20)13-8-12(22-4)6-7-15(13)23-5/h6-8H,9H2,1-5H3. The number of carbonyl (C=O) groups is 2. The number of benzene rings is 1. The lowest BCUT2D eigenvalue weighted by atomic mass is 10.1. The molecule has 0 atom stereocenters. The Morgan fingerprint density at radius 3 is 2.42 bits per heavy atom. The average Bonchev–Trinajstić information content (AvgIpc) is 2.84. The molecule has 0 radical (unpaired) electrons. The maximum Gasteiger partial charge on any atom is 0.342 e. The van der Waals surface area contributed by atoms with Gasteiger partial charge in [0, 0.05) is 12.7 Å². The minimum Gasteiger partial charge on any atom is -0.497 e. The highest BCUT2D eigenvalue weighted by molar-refractivity contribution is 6.02. The van der Waals surface area contributed by atoms with Crippen LogP contribution in [0.4, 0.5) is 0 Å². The Bertz CT molecular complexity index is 780. The fourth-order valence-electron chi connectivity index (χ4n) is 2.38. The van der Waals surface area contributed by atoms with Gasteiger partial charge in [-0.2, -0.15) is 5.10 Å². The lowest BCUT2D eigenvalue weighted by Crippen LogP contribution is -2.16. The zero-order valence-electron chi connectivity index (χ0n) is 14.4. The Kier molecular flexibility index (Phi) is 5.23. The number of hydrogen-bond acceptors (Lipinski definition) is 6. The lowest BCUT2D eigenvalue weighted by Gasteiger charge is -2.10. The Morgan fingerprint density at radius 2 is 1.88 bits per heavy atom. The molecule has 0 aliphatic carbocycles. The molecule has 0 saturated carbocycles. The van der Waals surface area contributed by atoms with Crippen LogP contribution in [-0.4, -0.2) is 42.4 Å². The van der Waals surface area contributed by atoms with Crippen LogP contribution in [0.1, 0.15) is 32.1 Å². The number of carbonyl (C=O) groups excluding carboxylic acids is 2. The van der Waals surface area contributed by atoms with Crippen molar-refractivity contribution >= 4 is 11.8 Å². The van der Waals surface area contributed by atoms with E-state index in [1.165, 1.54) is 14.2 Å². The number of ketones is 1. The number of methoxy groups -OCH3 is 2. The van der Waals surface area contributed by atoms with Gasteiger partial charge in [0.25, 0.3) is 0 Å². The van der Waals surface area contributed by atoms with Crippen LogP contribution < -0.4 is 9.47 Å². The number of hydrogen-bond donors (Lipinski definition) is 0. The molecule has 0 amide bonds. The molecule has 7 nitrogen and oxygen atoms in total. The summed E-state index contributed by atoms with van der Waals surface area (Å²) in [4.78, 5) is 24.6. The minimum absolute atomic E-state index is 0.296. The van der Waals surface area contributed by atoms with E-state index in [4.69, 9.17) is 14.2 Å². The van der Waals surface area contributed by atoms with Gasteiger partial charge in [-0.3, -0.25) is 9.48 Å². The molecular weight excluding hydrogens is 312 g/mol. The topological polar surface area (TPSA) is 79.7 Å². The zero-order valence-corrected chi connectivity index (χ0v) is 14.4. The number of rotatable bonds is 6. The van der Waals surface area contributed by atoms with E-state index in [9.17, 15) is 9.59 Å². The highest BCUT2D eigenvalue weighted by Crippen LogP contribution is 2.24. The summed E-state index contributed by atoms with van der Waals surface area (Å²) < 4.78 is 17.0. The van der Waals surface area contributed by atoms with Crippen LogP contribution in [0.5, 0.6) is 11.5 Å². The van der Waals surface area contributed by atoms with E-state index in [-0.39, 0.29) is 5.78 Å². The van der Waals surface area contributed by atoms with Gasteiger partial charge in [-0.25, -0.2) is 4.79 Å². The van der Waals surface area contributed by atoms with Gasteiger partial charge in [-0.05, 0) is 32.0 Å². The first-order valence-electron chi connectivity index (χ1n) is 7.31. The summed E-state index contributed by atoms with van der Waals surface area (Å²) in [5.74, 6) is -0.0402. The van der Waals surface area contributed by atoms with E-state index in [0.29, 0.717) is 34.0 Å². The van der Waals surface area contributed by atoms with Gasteiger partial charge in [0.2, 0.25) is 5.78 Å². The molecule has 1 aromatic carbocycles. The first kappa shape index (κ1) is 17.5. The van der Waals surface area contributed by atoms with Gasteiger partial charge < -0.3 is 14.2 Å². The smallest absolute Gasteiger partial charge is 0.342 e. The quantitative estimate of drug-likeness (QED) is 0.595. The number of esters is 1. The molecule has 1 heterocycles. The van der Waals surface area contributed by atoms with E-state index in [1.54, 1.807) is 43.8 Å². The molecule has 0 N–H and O–H groups in total. The van der Waals surface area contributed by atoms with Crippen LogP contribution >= 0.6 is 0 Å². The second kappa shape index (κ2) is 7.16. The molecule has 0 aliphatic rings. The molecule has 24 heavy (non-hydrogen) atoms. The summed E-state index contributed by atoms with van der Waals surface area (Å²) in [6.07, 6.45) is 0. The van der Waals surface area contributed by atoms with Crippen molar-refractivity contribution in [3.63, 3.8) is 0 Å². The van der Waals surface area contributed by atoms with Gasteiger partial charge in [-0.15, -0.1) is 0 Å². The van der Waals surface area contributed by atoms with Gasteiger partial charge >= 0.3 is 5.97 Å². The molecule has 7 heteroatoms. The Labute approximate surface area is 140 Å². The minimum atomic E-state index is -0.576. The maximum atomic E-state index is 12.4. The fraction of sp³-hybridized carbons (Fsp3) is 0.353. The van der Waals surface area contributed by atoms with Crippen LogP contribution in [0.2, 0.25) is 0 Å². The van der Waals surface area contributed by atoms with Crippen molar-refractivity contribution in [3.8, 4) is 11.5 Å². The highest BCUT2D eigenvalue weighted by Gasteiger charge is 2.21. The molecule has 2 aromatic rings. The number of aromatic nitrogens is 2. The highest BCUT2D eigenvalue weighted by atomic mass is 16.5. The third-order valence-electron chi connectivity index (χ3n) is 3.75. The molecule has 0 fully saturated rings. The van der Waals surface area contributed by atoms with E-state index in [1.807, 2.05) is 0 Å². The van der Waals surface area contributed by atoms with Crippen molar-refractivity contribution in [2.24, 2.45) is 7.05 Å². The molecular formula is C17H20N2O5. The molecule has 0 spiro atoms. The zero-order chi connectivity index (χ0) is 17.9. The van der Waals surface area contributed by atoms with Gasteiger partial charge in [0.05, 0.1) is 25.5 Å². The first-order valence-corrected chi connectivity index (χ1v) is 7.31. The SMILES string of the molecule is COc1ccc(OC)c(C(=O)COC(=O)c2c(C)nn(C)c2C)c1. The van der Waals surface area contributed by atoms with Crippen LogP contribution in [0.15, 0.2) is 18.2 Å². The maximum absolute atomic E-state index is 12.4. The molecule has 0 aliphatic heterocycles. The second-order valence-corrected chi connectivity index (χ2v) is 5.23. The predicted octanol–water partition coefficient (Wildman–Crippen LogP) is 2.09. The van der Waals surface area contributed by atoms with Crippen molar-refractivity contribution in [2.75, 3.05) is 20.8 Å². The van der Waals surface area contributed by atoms with Crippen LogP contribution in [-0.2, 0) is 11.8 Å². The third kappa shape index (κ3) is 3.40. The molecule has 0 saturated heterocycles. The molecule has 2 rings (SSSR count). The monoisotopic (exact) mass is 332 g/mol. The van der Waals surface area contributed by atoms with E-state index in [0.717, 1.165) is 0 Å². The summed E-state index contributed by atoms with van der Waals surface area (Å²) in [6, 6.07) is 4.86. The second-order valence-electron chi connectivity index (χ2n) is 5.23. The lowest BCUT2D eigenvalue weighted by molar-refractivity contribution is 0.0472. The summed E-state index contributed by atoms with van der Waals surface area (Å²) in [6.45, 7) is 3.09. The number of nitrogens with zero attached hydrogens (tertiary/aromatic N) is 2. The van der Waals surface area contributed by atoms with Gasteiger partial charge in [0.15, 0.2) is 6.61 Å². The fourth-order valence-corrected chi connectivity index (χ4v) is 2.38. The van der Waals surface area contributed by atoms with Gasteiger partial charge in [0.1, 0.15) is 17.1 Å². The largest absolute Gasteiger partial charge is 0.497 e. The van der Waals surface area contributed by atoms with Gasteiger partial charge in [-0.1, -0.05) is 0 Å². The van der Waals surface area contributed by atoms with Crippen LogP contribution in [0, 0.1) is 13.8 Å². The number of aryl methyl sites for hydroxylation is 2. The van der Waals surface area contributed by atoms with Crippen LogP contribution in [0.3, 0.4) is 0 Å². The Morgan fingerprint density at radius 1 is 1.17 bits per heavy atom. The summed E-state index contributed by atoms with van der Waals surface area (Å²) in [5, 5.41) is 4.16. The van der Waals surface area contributed by atoms with Crippen molar-refractivity contribution in [3.05, 3.63) is 40.7 Å². The van der Waals surface area contributed by atoms with E-state index < -0.39 is 12.6 Å². The van der Waals surface area contributed by atoms with Crippen LogP contribution in [0.25, 0.3) is 0 Å². The third-order valence-corrected chi connectivity index (χ3v) is 3.75. The van der Waals surface area contributed by atoms with Crippen molar-refractivity contribution in [1.29, 1.82) is 0 Å². The first-order chi connectivity index (χ1) is 11.4. The number of ether oxygens (including phenoxy) is 3. The summed E-state index contributed by atoms with van der Waals surface area (Å²) in [7, 11) is 4.71. The average molecular weight is 332 g/mol. The molecule has 128 valence electrons. The summed E-state index contributed by atoms with van der Waals surface area (Å²) in [5.41, 5.74) is 1.92. The Hall–Kier alpha value is -2.83. The Balaban J connectivity index is 2.14. The normalized spacial score (nSPS) is 10.4. The molecule has 0 unspecified atom stereocenters. The van der Waals surface area contributed by atoms with Crippen molar-refractivity contribution < 1.29 is 23.8 Å². The number of Topliss-reactive ketones (excluding diaryl/α,β-unsaturated/α-hetero) is 1. The van der Waals surface area contributed by atoms with Crippen molar-refractivity contribution in [2.45, 2.75) is 13.8 Å². The molecule has 0 bridgehead atoms. The van der Waals surface area contributed by atoms with Crippen molar-refractivity contribution in [1.82, 2.24) is 9.78 Å². The predicted molar refractivity (Wildman–Crippen MR) is 86.8 cm³/mol. The van der Waals surface area contributed by atoms with E-state index in [2.05, 4.69) is 5.10 Å². The summed E-state index contributed by atoms with van der Waals surface area (Å²) >= 11 is 0. The molecule has 1 aromatic heterocycles.